The van der Waals surface area contributed by atoms with Crippen LogP contribution in [0.3, 0.4) is 0 Å². The molecular formula is C13H12BrN5. The van der Waals surface area contributed by atoms with Crippen molar-refractivity contribution in [2.75, 3.05) is 18.0 Å². The molecule has 19 heavy (non-hydrogen) atoms. The van der Waals surface area contributed by atoms with Gasteiger partial charge in [0.2, 0.25) is 5.95 Å². The Kier molecular flexibility index (Phi) is 2.38. The van der Waals surface area contributed by atoms with Gasteiger partial charge in [-0.1, -0.05) is 15.9 Å². The minimum Gasteiger partial charge on any atom is -0.360 e. The first-order valence-electron chi connectivity index (χ1n) is 6.25. The van der Waals surface area contributed by atoms with Crippen molar-refractivity contribution in [2.24, 2.45) is 0 Å². The van der Waals surface area contributed by atoms with E-state index in [2.05, 4.69) is 53.1 Å². The molecule has 0 unspecified atom stereocenters. The Labute approximate surface area is 118 Å². The third-order valence-electron chi connectivity index (χ3n) is 3.51. The van der Waals surface area contributed by atoms with Gasteiger partial charge in [-0.25, -0.2) is 0 Å². The summed E-state index contributed by atoms with van der Waals surface area (Å²) in [5.74, 6) is 1.61. The van der Waals surface area contributed by atoms with Crippen molar-refractivity contribution >= 4 is 32.8 Å². The highest BCUT2D eigenvalue weighted by Gasteiger charge is 2.19. The standard InChI is InChI=1S/C13H12BrN5/c14-8-2-3-11-9(6-8)10(7-15-11)12-16-13(18-17-12)19-4-1-5-19/h2-3,6-7,15H,1,4-5H2,(H,16,17,18). The molecule has 3 aromatic rings. The van der Waals surface area contributed by atoms with Crippen LogP contribution in [0.5, 0.6) is 0 Å². The number of hydrogen-bond donors (Lipinski definition) is 2. The number of hydrogen-bond acceptors (Lipinski definition) is 3. The number of aromatic nitrogens is 4. The topological polar surface area (TPSA) is 60.6 Å². The molecule has 4 rings (SSSR count). The van der Waals surface area contributed by atoms with Crippen LogP contribution in [0.15, 0.2) is 28.9 Å². The van der Waals surface area contributed by atoms with Gasteiger partial charge in [-0.15, -0.1) is 5.10 Å². The van der Waals surface area contributed by atoms with Crippen LogP contribution < -0.4 is 4.90 Å². The minimum absolute atomic E-state index is 0.797. The summed E-state index contributed by atoms with van der Waals surface area (Å²) in [4.78, 5) is 10.0. The molecule has 1 fully saturated rings. The second-order valence-electron chi connectivity index (χ2n) is 4.72. The van der Waals surface area contributed by atoms with E-state index in [0.717, 1.165) is 45.8 Å². The molecular weight excluding hydrogens is 306 g/mol. The third-order valence-corrected chi connectivity index (χ3v) is 4.00. The van der Waals surface area contributed by atoms with E-state index in [1.54, 1.807) is 0 Å². The lowest BCUT2D eigenvalue weighted by atomic mass is 10.2. The fourth-order valence-electron chi connectivity index (χ4n) is 2.32. The van der Waals surface area contributed by atoms with Crippen LogP contribution in [0.2, 0.25) is 0 Å². The van der Waals surface area contributed by atoms with Crippen molar-refractivity contribution in [1.29, 1.82) is 0 Å². The summed E-state index contributed by atoms with van der Waals surface area (Å²) in [5.41, 5.74) is 2.15. The molecule has 1 aliphatic rings. The predicted molar refractivity (Wildman–Crippen MR) is 78.2 cm³/mol. The number of nitrogens with zero attached hydrogens (tertiary/aromatic N) is 3. The van der Waals surface area contributed by atoms with Crippen molar-refractivity contribution < 1.29 is 0 Å². The van der Waals surface area contributed by atoms with Gasteiger partial charge in [0.05, 0.1) is 0 Å². The molecule has 0 radical (unpaired) electrons. The van der Waals surface area contributed by atoms with Gasteiger partial charge in [-0.3, -0.25) is 5.10 Å². The summed E-state index contributed by atoms with van der Waals surface area (Å²) in [5, 5.41) is 8.46. The van der Waals surface area contributed by atoms with E-state index in [4.69, 9.17) is 0 Å². The SMILES string of the molecule is Brc1ccc2[nH]cc(-c3nc(N4CCC4)n[nH]3)c2c1. The van der Waals surface area contributed by atoms with Crippen LogP contribution in [0, 0.1) is 0 Å². The highest BCUT2D eigenvalue weighted by molar-refractivity contribution is 9.10. The zero-order chi connectivity index (χ0) is 12.8. The molecule has 1 aromatic carbocycles. The van der Waals surface area contributed by atoms with Crippen LogP contribution in [-0.4, -0.2) is 33.3 Å². The summed E-state index contributed by atoms with van der Waals surface area (Å²) in [6.45, 7) is 2.10. The molecule has 0 saturated carbocycles. The second-order valence-corrected chi connectivity index (χ2v) is 5.63. The number of fused-ring (bicyclic) bond motifs is 1. The molecule has 2 N–H and O–H groups in total. The number of rotatable bonds is 2. The normalized spacial score (nSPS) is 14.9. The lowest BCUT2D eigenvalue weighted by molar-refractivity contribution is 0.601. The Morgan fingerprint density at radius 2 is 2.16 bits per heavy atom. The van der Waals surface area contributed by atoms with E-state index in [0.29, 0.717) is 0 Å². The van der Waals surface area contributed by atoms with Gasteiger partial charge in [0.1, 0.15) is 0 Å². The number of anilines is 1. The van der Waals surface area contributed by atoms with Gasteiger partial charge < -0.3 is 9.88 Å². The van der Waals surface area contributed by atoms with Crippen LogP contribution in [-0.2, 0) is 0 Å². The van der Waals surface area contributed by atoms with Crippen LogP contribution in [0.4, 0.5) is 5.95 Å². The Balaban J connectivity index is 1.80. The van der Waals surface area contributed by atoms with Gasteiger partial charge in [-0.2, -0.15) is 4.98 Å². The van der Waals surface area contributed by atoms with E-state index in [1.807, 2.05) is 12.3 Å². The molecule has 0 spiro atoms. The first kappa shape index (κ1) is 11.0. The minimum atomic E-state index is 0.797. The molecule has 96 valence electrons. The smallest absolute Gasteiger partial charge is 0.245 e. The Morgan fingerprint density at radius 1 is 1.26 bits per heavy atom. The molecule has 0 amide bonds. The molecule has 5 nitrogen and oxygen atoms in total. The zero-order valence-corrected chi connectivity index (χ0v) is 11.7. The van der Waals surface area contributed by atoms with Crippen LogP contribution in [0.1, 0.15) is 6.42 Å². The van der Waals surface area contributed by atoms with E-state index in [-0.39, 0.29) is 0 Å². The lowest BCUT2D eigenvalue weighted by Crippen LogP contribution is -2.37. The number of halogens is 1. The fraction of sp³-hybridized carbons (Fsp3) is 0.231. The molecule has 3 heterocycles. The average Bonchev–Trinajstić information content (AvgIpc) is 2.92. The maximum atomic E-state index is 4.58. The number of H-pyrrole nitrogens is 2. The van der Waals surface area contributed by atoms with Crippen molar-refractivity contribution in [3.8, 4) is 11.4 Å². The van der Waals surface area contributed by atoms with Crippen molar-refractivity contribution in [3.05, 3.63) is 28.9 Å². The van der Waals surface area contributed by atoms with E-state index in [1.165, 1.54) is 6.42 Å². The highest BCUT2D eigenvalue weighted by Crippen LogP contribution is 2.29. The van der Waals surface area contributed by atoms with Crippen LogP contribution >= 0.6 is 15.9 Å². The van der Waals surface area contributed by atoms with E-state index >= 15 is 0 Å². The molecule has 1 aliphatic heterocycles. The number of nitrogens with one attached hydrogen (secondary N) is 2. The van der Waals surface area contributed by atoms with Gasteiger partial charge in [0, 0.05) is 40.2 Å². The third kappa shape index (κ3) is 1.74. The molecule has 6 heteroatoms. The average molecular weight is 318 g/mol. The van der Waals surface area contributed by atoms with Crippen LogP contribution in [0.25, 0.3) is 22.3 Å². The largest absolute Gasteiger partial charge is 0.360 e. The molecule has 0 bridgehead atoms. The monoisotopic (exact) mass is 317 g/mol. The predicted octanol–water partition coefficient (Wildman–Crippen LogP) is 2.93. The van der Waals surface area contributed by atoms with Gasteiger partial charge in [-0.05, 0) is 24.6 Å². The van der Waals surface area contributed by atoms with Gasteiger partial charge >= 0.3 is 0 Å². The highest BCUT2D eigenvalue weighted by atomic mass is 79.9. The first-order chi connectivity index (χ1) is 9.31. The number of benzene rings is 1. The summed E-state index contributed by atoms with van der Waals surface area (Å²) < 4.78 is 1.06. The second kappa shape index (κ2) is 4.09. The van der Waals surface area contributed by atoms with Gasteiger partial charge in [0.25, 0.3) is 0 Å². The van der Waals surface area contributed by atoms with Crippen molar-refractivity contribution in [1.82, 2.24) is 20.2 Å². The van der Waals surface area contributed by atoms with Crippen molar-refractivity contribution in [3.63, 3.8) is 0 Å². The summed E-state index contributed by atoms with van der Waals surface area (Å²) >= 11 is 3.50. The summed E-state index contributed by atoms with van der Waals surface area (Å²) in [6.07, 6.45) is 3.20. The van der Waals surface area contributed by atoms with E-state index in [9.17, 15) is 0 Å². The number of aromatic amines is 2. The Bertz CT molecular complexity index is 740. The zero-order valence-electron chi connectivity index (χ0n) is 10.2. The molecule has 0 aliphatic carbocycles. The molecule has 0 atom stereocenters. The molecule has 1 saturated heterocycles. The fourth-order valence-corrected chi connectivity index (χ4v) is 2.68. The Morgan fingerprint density at radius 3 is 2.95 bits per heavy atom. The lowest BCUT2D eigenvalue weighted by Gasteiger charge is -2.29. The summed E-state index contributed by atoms with van der Waals surface area (Å²) in [6, 6.07) is 6.16. The van der Waals surface area contributed by atoms with Gasteiger partial charge in [0.15, 0.2) is 5.82 Å². The molecule has 2 aromatic heterocycles. The first-order valence-corrected chi connectivity index (χ1v) is 7.05. The van der Waals surface area contributed by atoms with Crippen molar-refractivity contribution in [2.45, 2.75) is 6.42 Å². The maximum absolute atomic E-state index is 4.58. The summed E-state index contributed by atoms with van der Waals surface area (Å²) in [7, 11) is 0. The quantitative estimate of drug-likeness (QED) is 0.764. The maximum Gasteiger partial charge on any atom is 0.245 e. The Hall–Kier alpha value is -1.82. The van der Waals surface area contributed by atoms with E-state index < -0.39 is 0 Å².